The Morgan fingerprint density at radius 2 is 2.00 bits per heavy atom. The number of amides is 1. The highest BCUT2D eigenvalue weighted by atomic mass is 35.5. The number of rotatable bonds is 8. The molecule has 1 aliphatic rings. The number of nitrogens with zero attached hydrogens (tertiary/aromatic N) is 3. The molecule has 0 saturated carbocycles. The highest BCUT2D eigenvalue weighted by molar-refractivity contribution is 7.99. The van der Waals surface area contributed by atoms with Gasteiger partial charge in [-0.1, -0.05) is 23.7 Å². The van der Waals surface area contributed by atoms with E-state index in [4.69, 9.17) is 21.3 Å². The predicted octanol–water partition coefficient (Wildman–Crippen LogP) is 6.42. The largest absolute Gasteiger partial charge is 0.497 e. The molecule has 0 aliphatic carbocycles. The first kappa shape index (κ1) is 25.1. The Bertz CT molecular complexity index is 1500. The summed E-state index contributed by atoms with van der Waals surface area (Å²) in [5, 5.41) is 17.3. The summed E-state index contributed by atoms with van der Waals surface area (Å²) in [5.74, 6) is 1.39. The maximum Gasteiger partial charge on any atom is 0.275 e. The van der Waals surface area contributed by atoms with Crippen LogP contribution in [0.15, 0.2) is 60.7 Å². The number of anilines is 1. The van der Waals surface area contributed by atoms with Crippen molar-refractivity contribution in [2.75, 3.05) is 31.3 Å². The smallest absolute Gasteiger partial charge is 0.275 e. The highest BCUT2D eigenvalue weighted by Gasteiger charge is 2.33. The zero-order chi connectivity index (χ0) is 25.9. The first-order valence-corrected chi connectivity index (χ1v) is 13.3. The lowest BCUT2D eigenvalue weighted by molar-refractivity contribution is -0.385. The van der Waals surface area contributed by atoms with E-state index in [0.717, 1.165) is 33.2 Å². The Morgan fingerprint density at radius 1 is 1.16 bits per heavy atom. The maximum absolute atomic E-state index is 12.9. The van der Waals surface area contributed by atoms with Gasteiger partial charge >= 0.3 is 0 Å². The molecule has 3 aromatic carbocycles. The third-order valence-electron chi connectivity index (χ3n) is 6.42. The van der Waals surface area contributed by atoms with Crippen molar-refractivity contribution >= 4 is 62.5 Å². The van der Waals surface area contributed by atoms with Crippen molar-refractivity contribution in [1.82, 2.24) is 9.88 Å². The van der Waals surface area contributed by atoms with E-state index >= 15 is 0 Å². The molecule has 5 rings (SSSR count). The van der Waals surface area contributed by atoms with E-state index in [9.17, 15) is 14.9 Å². The SMILES string of the molecule is COc1ccc2nc3cc(Cl)ccc3c(NCCCN3C(=O)CCSC3c3ccccc3[N+](=O)[O-])c2c1. The molecule has 0 radical (unpaired) electrons. The summed E-state index contributed by atoms with van der Waals surface area (Å²) >= 11 is 7.80. The molecule has 1 fully saturated rings. The summed E-state index contributed by atoms with van der Waals surface area (Å²) in [6, 6.07) is 18.0. The Kier molecular flexibility index (Phi) is 7.34. The molecule has 1 aliphatic heterocycles. The summed E-state index contributed by atoms with van der Waals surface area (Å²) in [4.78, 5) is 30.6. The highest BCUT2D eigenvalue weighted by Crippen LogP contribution is 2.41. The molecular weight excluding hydrogens is 512 g/mol. The van der Waals surface area contributed by atoms with Gasteiger partial charge in [-0.2, -0.15) is 0 Å². The van der Waals surface area contributed by atoms with Gasteiger partial charge in [0.15, 0.2) is 0 Å². The molecule has 1 saturated heterocycles. The van der Waals surface area contributed by atoms with E-state index in [1.165, 1.54) is 6.07 Å². The minimum absolute atomic E-state index is 0.0149. The first-order chi connectivity index (χ1) is 18.0. The van der Waals surface area contributed by atoms with Gasteiger partial charge in [0, 0.05) is 47.1 Å². The fourth-order valence-electron chi connectivity index (χ4n) is 4.66. The van der Waals surface area contributed by atoms with Crippen LogP contribution in [0.1, 0.15) is 23.8 Å². The van der Waals surface area contributed by atoms with Crippen molar-refractivity contribution in [2.24, 2.45) is 0 Å². The number of thioether (sulfide) groups is 1. The number of carbonyl (C=O) groups excluding carboxylic acids is 1. The van der Waals surface area contributed by atoms with Gasteiger partial charge in [0.25, 0.3) is 5.69 Å². The number of aromatic nitrogens is 1. The van der Waals surface area contributed by atoms with Gasteiger partial charge in [0.05, 0.1) is 34.3 Å². The van der Waals surface area contributed by atoms with Crippen LogP contribution in [0.5, 0.6) is 5.75 Å². The standard InChI is InChI=1S/C27H25ClN4O4S/c1-36-18-8-10-22-21(16-18)26(19-9-7-17(28)15-23(19)30-22)29-12-4-13-31-25(33)11-14-37-27(31)20-5-2-3-6-24(20)32(34)35/h2-3,5-10,15-16,27H,4,11-14H2,1H3,(H,29,30). The monoisotopic (exact) mass is 536 g/mol. The van der Waals surface area contributed by atoms with Gasteiger partial charge in [0.1, 0.15) is 11.1 Å². The van der Waals surface area contributed by atoms with Crippen molar-refractivity contribution in [2.45, 2.75) is 18.2 Å². The molecular formula is C27H25ClN4O4S. The Balaban J connectivity index is 1.38. The van der Waals surface area contributed by atoms with Crippen molar-refractivity contribution in [3.63, 3.8) is 0 Å². The average Bonchev–Trinajstić information content (AvgIpc) is 2.90. The van der Waals surface area contributed by atoms with Crippen LogP contribution in [0.3, 0.4) is 0 Å². The second-order valence-corrected chi connectivity index (χ2v) is 10.3. The molecule has 0 bridgehead atoms. The molecule has 1 atom stereocenters. The van der Waals surface area contributed by atoms with Crippen LogP contribution >= 0.6 is 23.4 Å². The molecule has 37 heavy (non-hydrogen) atoms. The van der Waals surface area contributed by atoms with E-state index in [0.29, 0.717) is 42.3 Å². The summed E-state index contributed by atoms with van der Waals surface area (Å²) in [5.41, 5.74) is 3.13. The fourth-order valence-corrected chi connectivity index (χ4v) is 6.12. The van der Waals surface area contributed by atoms with Gasteiger partial charge in [-0.15, -0.1) is 11.8 Å². The average molecular weight is 537 g/mol. The van der Waals surface area contributed by atoms with Crippen molar-refractivity contribution < 1.29 is 14.5 Å². The predicted molar refractivity (Wildman–Crippen MR) is 149 cm³/mol. The number of nitro benzene ring substituents is 1. The Labute approximate surface area is 223 Å². The van der Waals surface area contributed by atoms with Crippen LogP contribution in [0.25, 0.3) is 21.8 Å². The first-order valence-electron chi connectivity index (χ1n) is 11.9. The number of halogens is 1. The van der Waals surface area contributed by atoms with Gasteiger partial charge in [-0.05, 0) is 48.9 Å². The Hall–Kier alpha value is -3.56. The molecule has 10 heteroatoms. The molecule has 1 N–H and O–H groups in total. The molecule has 190 valence electrons. The fraction of sp³-hybridized carbons (Fsp3) is 0.259. The number of carbonyl (C=O) groups is 1. The Morgan fingerprint density at radius 3 is 2.81 bits per heavy atom. The molecule has 1 unspecified atom stereocenters. The number of hydrogen-bond acceptors (Lipinski definition) is 7. The molecule has 2 heterocycles. The summed E-state index contributed by atoms with van der Waals surface area (Å²) in [7, 11) is 1.63. The lowest BCUT2D eigenvalue weighted by atomic mass is 10.1. The van der Waals surface area contributed by atoms with E-state index in [1.54, 1.807) is 42.0 Å². The number of para-hydroxylation sites is 1. The number of benzene rings is 3. The zero-order valence-corrected chi connectivity index (χ0v) is 21.7. The van der Waals surface area contributed by atoms with E-state index in [2.05, 4.69) is 5.32 Å². The topological polar surface area (TPSA) is 97.6 Å². The van der Waals surface area contributed by atoms with Gasteiger partial charge in [-0.25, -0.2) is 4.98 Å². The zero-order valence-electron chi connectivity index (χ0n) is 20.1. The number of ether oxygens (including phenoxy) is 1. The van der Waals surface area contributed by atoms with Crippen LogP contribution in [-0.4, -0.2) is 46.7 Å². The number of nitro groups is 1. The number of nitrogens with one attached hydrogen (secondary N) is 1. The number of fused-ring (bicyclic) bond motifs is 2. The van der Waals surface area contributed by atoms with Crippen molar-refractivity contribution in [3.8, 4) is 5.75 Å². The van der Waals surface area contributed by atoms with Gasteiger partial charge < -0.3 is 15.0 Å². The van der Waals surface area contributed by atoms with Crippen LogP contribution < -0.4 is 10.1 Å². The lowest BCUT2D eigenvalue weighted by Crippen LogP contribution is -2.38. The van der Waals surface area contributed by atoms with E-state index in [-0.39, 0.29) is 21.9 Å². The molecule has 0 spiro atoms. The van der Waals surface area contributed by atoms with Crippen LogP contribution in [0, 0.1) is 10.1 Å². The summed E-state index contributed by atoms with van der Waals surface area (Å²) in [6.45, 7) is 1.07. The normalized spacial score (nSPS) is 15.8. The van der Waals surface area contributed by atoms with Crippen LogP contribution in [0.4, 0.5) is 11.4 Å². The second kappa shape index (κ2) is 10.8. The third kappa shape index (κ3) is 5.14. The third-order valence-corrected chi connectivity index (χ3v) is 7.91. The van der Waals surface area contributed by atoms with Crippen molar-refractivity contribution in [1.29, 1.82) is 0 Å². The number of pyridine rings is 1. The number of hydrogen-bond donors (Lipinski definition) is 1. The molecule has 1 amide bonds. The lowest BCUT2D eigenvalue weighted by Gasteiger charge is -2.35. The van der Waals surface area contributed by atoms with Crippen LogP contribution in [-0.2, 0) is 4.79 Å². The van der Waals surface area contributed by atoms with Gasteiger partial charge in [0.2, 0.25) is 5.91 Å². The second-order valence-electron chi connectivity index (χ2n) is 8.69. The molecule has 1 aromatic heterocycles. The van der Waals surface area contributed by atoms with E-state index in [1.807, 2.05) is 36.4 Å². The maximum atomic E-state index is 12.9. The minimum atomic E-state index is -0.380. The van der Waals surface area contributed by atoms with E-state index < -0.39 is 0 Å². The van der Waals surface area contributed by atoms with Gasteiger partial charge in [-0.3, -0.25) is 14.9 Å². The number of methoxy groups -OCH3 is 1. The summed E-state index contributed by atoms with van der Waals surface area (Å²) in [6.07, 6.45) is 1.09. The van der Waals surface area contributed by atoms with Crippen LogP contribution in [0.2, 0.25) is 5.02 Å². The quantitative estimate of drug-likeness (QED) is 0.120. The molecule has 8 nitrogen and oxygen atoms in total. The molecule has 4 aromatic rings. The summed E-state index contributed by atoms with van der Waals surface area (Å²) < 4.78 is 5.43. The van der Waals surface area contributed by atoms with Crippen molar-refractivity contribution in [3.05, 3.63) is 81.4 Å². The minimum Gasteiger partial charge on any atom is -0.497 e.